The Labute approximate surface area is 238 Å². The van der Waals surface area contributed by atoms with E-state index in [0.717, 1.165) is 11.1 Å². The first-order valence-electron chi connectivity index (χ1n) is 13.2. The number of piperidine rings is 1. The lowest BCUT2D eigenvalue weighted by Gasteiger charge is -2.40. The maximum atomic E-state index is 13.6. The number of ether oxygens (including phenoxy) is 1. The van der Waals surface area contributed by atoms with Gasteiger partial charge in [0.1, 0.15) is 18.2 Å². The number of rotatable bonds is 7. The van der Waals surface area contributed by atoms with Crippen molar-refractivity contribution in [2.24, 2.45) is 0 Å². The summed E-state index contributed by atoms with van der Waals surface area (Å²) in [5, 5.41) is 8.94. The number of β-amino-alcohol motifs (C(OH)–C–C–N with tert-alkyl or cyclic N) is 1. The molecule has 12 heteroatoms. The Bertz CT molecular complexity index is 1290. The van der Waals surface area contributed by atoms with Gasteiger partial charge >= 0.3 is 0 Å². The second-order valence-corrected chi connectivity index (χ2v) is 11.8. The first kappa shape index (κ1) is 28.1. The molecule has 1 aromatic heterocycles. The molecule has 2 amide bonds. The summed E-state index contributed by atoms with van der Waals surface area (Å²) in [6.07, 6.45) is 3.73. The normalized spacial score (nSPS) is 19.4. The van der Waals surface area contributed by atoms with Crippen LogP contribution in [0.1, 0.15) is 44.2 Å². The van der Waals surface area contributed by atoms with Crippen molar-refractivity contribution >= 4 is 58.5 Å². The van der Waals surface area contributed by atoms with Crippen molar-refractivity contribution < 1.29 is 19.4 Å². The second-order valence-electron chi connectivity index (χ2n) is 11.4. The standard InChI is InChI=1S/C27H30B3ClN4O4/c1-25(2,38)16-34-22(36)6-3-17-13-19(15-32-23(17)34)39-12-11-33-9-7-26(8-10-33)20-14-18(31)4-5-21(20)35(24(26)37)27(28,29)30/h4-5,13-15,38H,3,6-12,16H2,1-2H3. The Hall–Kier alpha value is -2.49. The number of pyridine rings is 1. The van der Waals surface area contributed by atoms with Crippen LogP contribution in [0.3, 0.4) is 0 Å². The highest BCUT2D eigenvalue weighted by Gasteiger charge is 2.53. The monoisotopic (exact) mass is 542 g/mol. The fourth-order valence-corrected chi connectivity index (χ4v) is 6.05. The Morgan fingerprint density at radius 1 is 1.13 bits per heavy atom. The summed E-state index contributed by atoms with van der Waals surface area (Å²) in [6.45, 7) is 6.00. The predicted octanol–water partition coefficient (Wildman–Crippen LogP) is 1.66. The molecule has 0 bridgehead atoms. The fraction of sp³-hybridized carbons (Fsp3) is 0.519. The quantitative estimate of drug-likeness (QED) is 0.536. The molecule has 0 saturated carbocycles. The van der Waals surface area contributed by atoms with Gasteiger partial charge in [-0.25, -0.2) is 4.98 Å². The number of aromatic nitrogens is 1. The molecule has 6 radical (unpaired) electrons. The molecule has 0 atom stereocenters. The molecule has 2 aromatic rings. The van der Waals surface area contributed by atoms with E-state index in [0.29, 0.717) is 74.2 Å². The summed E-state index contributed by atoms with van der Waals surface area (Å²) in [5.41, 5.74) is 0.561. The van der Waals surface area contributed by atoms with Gasteiger partial charge in [0, 0.05) is 23.7 Å². The fourth-order valence-electron chi connectivity index (χ4n) is 5.88. The highest BCUT2D eigenvalue weighted by Crippen LogP contribution is 2.50. The molecule has 1 fully saturated rings. The topological polar surface area (TPSA) is 86.2 Å². The summed E-state index contributed by atoms with van der Waals surface area (Å²) in [7, 11) is 17.9. The van der Waals surface area contributed by atoms with Crippen molar-refractivity contribution in [1.82, 2.24) is 9.88 Å². The third-order valence-corrected chi connectivity index (χ3v) is 7.96. The number of aliphatic hydroxyl groups is 1. The Balaban J connectivity index is 1.21. The van der Waals surface area contributed by atoms with Gasteiger partial charge in [0.2, 0.25) is 11.8 Å². The molecule has 3 aliphatic heterocycles. The largest absolute Gasteiger partial charge is 0.491 e. The molecule has 39 heavy (non-hydrogen) atoms. The molecule has 5 rings (SSSR count). The van der Waals surface area contributed by atoms with E-state index in [1.54, 1.807) is 37.1 Å². The SMILES string of the molecule is [B]C([B])([B])N1C(=O)C2(CCN(CCOc3cnc4c(c3)CCC(=O)N4CC(C)(C)O)CC2)c2cc(Cl)ccc21. The first-order valence-corrected chi connectivity index (χ1v) is 13.5. The van der Waals surface area contributed by atoms with Gasteiger partial charge in [0.15, 0.2) is 0 Å². The molecule has 1 saturated heterocycles. The van der Waals surface area contributed by atoms with Crippen LogP contribution in [0, 0.1) is 0 Å². The van der Waals surface area contributed by atoms with Crippen LogP contribution in [0.25, 0.3) is 0 Å². The molecule has 0 aliphatic carbocycles. The third-order valence-electron chi connectivity index (χ3n) is 7.73. The van der Waals surface area contributed by atoms with Crippen molar-refractivity contribution in [1.29, 1.82) is 0 Å². The van der Waals surface area contributed by atoms with E-state index in [1.807, 2.05) is 12.1 Å². The minimum Gasteiger partial charge on any atom is -0.491 e. The summed E-state index contributed by atoms with van der Waals surface area (Å²) >= 11 is 6.29. The zero-order valence-corrected chi connectivity index (χ0v) is 23.1. The molecule has 1 aromatic carbocycles. The van der Waals surface area contributed by atoms with Crippen LogP contribution < -0.4 is 14.5 Å². The van der Waals surface area contributed by atoms with Crippen molar-refractivity contribution in [2.75, 3.05) is 42.6 Å². The van der Waals surface area contributed by atoms with Crippen molar-refractivity contribution in [3.05, 3.63) is 46.6 Å². The maximum Gasteiger partial charge on any atom is 0.236 e. The number of carbonyl (C=O) groups is 2. The van der Waals surface area contributed by atoms with Crippen molar-refractivity contribution in [2.45, 2.75) is 55.8 Å². The molecule has 8 nitrogen and oxygen atoms in total. The lowest BCUT2D eigenvalue weighted by molar-refractivity contribution is -0.125. The summed E-state index contributed by atoms with van der Waals surface area (Å²) in [6, 6.07) is 7.19. The van der Waals surface area contributed by atoms with Gasteiger partial charge in [-0.15, -0.1) is 0 Å². The van der Waals surface area contributed by atoms with Crippen molar-refractivity contribution in [3.8, 4) is 5.75 Å². The molecular weight excluding hydrogens is 512 g/mol. The molecule has 0 unspecified atom stereocenters. The Kier molecular flexibility index (Phi) is 7.31. The number of anilines is 2. The number of likely N-dealkylation sites (tertiary alicyclic amines) is 1. The maximum absolute atomic E-state index is 13.6. The van der Waals surface area contributed by atoms with Crippen LogP contribution in [0.5, 0.6) is 5.75 Å². The number of fused-ring (bicyclic) bond motifs is 3. The van der Waals surface area contributed by atoms with Gasteiger partial charge in [0.05, 0.1) is 47.3 Å². The van der Waals surface area contributed by atoms with E-state index in [2.05, 4.69) is 9.88 Å². The van der Waals surface area contributed by atoms with E-state index in [1.165, 1.54) is 4.90 Å². The lowest BCUT2D eigenvalue weighted by atomic mass is 9.48. The zero-order chi connectivity index (χ0) is 28.2. The van der Waals surface area contributed by atoms with Crippen molar-refractivity contribution in [3.63, 3.8) is 0 Å². The number of hydrogen-bond donors (Lipinski definition) is 1. The molecule has 4 heterocycles. The highest BCUT2D eigenvalue weighted by molar-refractivity contribution is 6.62. The number of hydrogen-bond acceptors (Lipinski definition) is 6. The number of halogens is 1. The van der Waals surface area contributed by atoms with E-state index in [4.69, 9.17) is 39.9 Å². The van der Waals surface area contributed by atoms with Gasteiger partial charge in [-0.05, 0) is 81.6 Å². The number of aryl methyl sites for hydroxylation is 1. The van der Waals surface area contributed by atoms with Gasteiger partial charge < -0.3 is 14.7 Å². The average Bonchev–Trinajstić information content (AvgIpc) is 3.09. The minimum atomic E-state index is -1.81. The van der Waals surface area contributed by atoms with E-state index < -0.39 is 16.3 Å². The predicted molar refractivity (Wildman–Crippen MR) is 153 cm³/mol. The summed E-state index contributed by atoms with van der Waals surface area (Å²) in [5.74, 6) is 0.974. The second kappa shape index (κ2) is 10.2. The smallest absolute Gasteiger partial charge is 0.236 e. The summed E-state index contributed by atoms with van der Waals surface area (Å²) in [4.78, 5) is 35.6. The van der Waals surface area contributed by atoms with Gasteiger partial charge in [0.25, 0.3) is 0 Å². The first-order chi connectivity index (χ1) is 18.3. The lowest BCUT2D eigenvalue weighted by Crippen LogP contribution is -2.57. The number of amides is 2. The number of carbonyl (C=O) groups excluding carboxylic acids is 2. The van der Waals surface area contributed by atoms with Gasteiger partial charge in [-0.3, -0.25) is 19.4 Å². The average molecular weight is 542 g/mol. The van der Waals surface area contributed by atoms with E-state index in [9.17, 15) is 14.7 Å². The number of benzene rings is 1. The molecular formula is C27H30B3ClN4O4. The molecule has 1 spiro atoms. The minimum absolute atomic E-state index is 0.0440. The van der Waals surface area contributed by atoms with Crippen LogP contribution in [-0.2, 0) is 21.4 Å². The Morgan fingerprint density at radius 3 is 2.51 bits per heavy atom. The van der Waals surface area contributed by atoms with Crippen LogP contribution in [0.15, 0.2) is 30.5 Å². The van der Waals surface area contributed by atoms with Gasteiger partial charge in [-0.2, -0.15) is 0 Å². The summed E-state index contributed by atoms with van der Waals surface area (Å²) < 4.78 is 6.01. The molecule has 198 valence electrons. The van der Waals surface area contributed by atoms with Crippen LogP contribution in [-0.4, -0.2) is 94.0 Å². The van der Waals surface area contributed by atoms with Crippen LogP contribution >= 0.6 is 11.6 Å². The molecule has 1 N–H and O–H groups in total. The highest BCUT2D eigenvalue weighted by atomic mass is 35.5. The van der Waals surface area contributed by atoms with Crippen LogP contribution in [0.4, 0.5) is 11.5 Å². The molecule has 3 aliphatic rings. The zero-order valence-electron chi connectivity index (χ0n) is 22.3. The van der Waals surface area contributed by atoms with E-state index >= 15 is 0 Å². The Morgan fingerprint density at radius 2 is 1.85 bits per heavy atom. The van der Waals surface area contributed by atoms with Crippen LogP contribution in [0.2, 0.25) is 5.02 Å². The third kappa shape index (κ3) is 5.46. The van der Waals surface area contributed by atoms with Gasteiger partial charge in [-0.1, -0.05) is 16.8 Å². The number of nitrogens with zero attached hydrogens (tertiary/aromatic N) is 4. The van der Waals surface area contributed by atoms with E-state index in [-0.39, 0.29) is 18.4 Å².